The fraction of sp³-hybridized carbons (Fsp3) is 0.0714. The van der Waals surface area contributed by atoms with Crippen molar-refractivity contribution in [3.8, 4) is 5.75 Å². The molecule has 2 heterocycles. The molecule has 0 unspecified atom stereocenters. The molecule has 2 amide bonds. The van der Waals surface area contributed by atoms with Gasteiger partial charge in [0.1, 0.15) is 5.15 Å². The number of aromatic nitrogens is 1. The molecule has 0 bridgehead atoms. The van der Waals surface area contributed by atoms with E-state index in [0.29, 0.717) is 15.8 Å². The van der Waals surface area contributed by atoms with Crippen LogP contribution in [0.5, 0.6) is 5.75 Å². The molecule has 22 heavy (non-hydrogen) atoms. The van der Waals surface area contributed by atoms with E-state index in [1.54, 1.807) is 18.2 Å². The van der Waals surface area contributed by atoms with Crippen LogP contribution in [0.1, 0.15) is 17.4 Å². The molecule has 0 spiro atoms. The SMILES string of the molecule is CC(=O)Nc1ccc2sc3c(O)c(C(N)=O)nc(Cl)c3c2c1. The van der Waals surface area contributed by atoms with E-state index in [9.17, 15) is 14.7 Å². The number of carbonyl (C=O) groups is 2. The Morgan fingerprint density at radius 2 is 2.14 bits per heavy atom. The number of rotatable bonds is 2. The predicted molar refractivity (Wildman–Crippen MR) is 86.6 cm³/mol. The van der Waals surface area contributed by atoms with Gasteiger partial charge in [0.25, 0.3) is 5.91 Å². The van der Waals surface area contributed by atoms with Gasteiger partial charge in [0, 0.05) is 28.1 Å². The summed E-state index contributed by atoms with van der Waals surface area (Å²) in [6.45, 7) is 1.41. The first-order chi connectivity index (χ1) is 10.4. The molecule has 3 aromatic rings. The number of pyridine rings is 1. The van der Waals surface area contributed by atoms with Crippen molar-refractivity contribution in [1.29, 1.82) is 0 Å². The quantitative estimate of drug-likeness (QED) is 0.626. The molecule has 4 N–H and O–H groups in total. The maximum atomic E-state index is 11.3. The number of thiophene rings is 1. The van der Waals surface area contributed by atoms with Crippen LogP contribution in [0.2, 0.25) is 5.15 Å². The lowest BCUT2D eigenvalue weighted by Crippen LogP contribution is -2.13. The van der Waals surface area contributed by atoms with Gasteiger partial charge in [-0.3, -0.25) is 9.59 Å². The molecule has 3 rings (SSSR count). The number of carbonyl (C=O) groups excluding carboxylic acids is 2. The number of hydrogen-bond donors (Lipinski definition) is 3. The van der Waals surface area contributed by atoms with E-state index >= 15 is 0 Å². The fourth-order valence-corrected chi connectivity index (χ4v) is 3.70. The molecule has 0 saturated heterocycles. The molecule has 8 heteroatoms. The van der Waals surface area contributed by atoms with Crippen LogP contribution in [0.4, 0.5) is 5.69 Å². The number of aromatic hydroxyl groups is 1. The second kappa shape index (κ2) is 5.11. The van der Waals surface area contributed by atoms with E-state index in [1.807, 2.05) is 0 Å². The highest BCUT2D eigenvalue weighted by atomic mass is 35.5. The molecular formula is C14H10ClN3O3S. The molecular weight excluding hydrogens is 326 g/mol. The molecule has 6 nitrogen and oxygen atoms in total. The van der Waals surface area contributed by atoms with Gasteiger partial charge in [-0.1, -0.05) is 11.6 Å². The molecule has 2 aromatic heterocycles. The van der Waals surface area contributed by atoms with Crippen molar-refractivity contribution in [3.05, 3.63) is 29.0 Å². The van der Waals surface area contributed by atoms with Gasteiger partial charge in [-0.15, -0.1) is 11.3 Å². The third-order valence-electron chi connectivity index (χ3n) is 3.10. The third-order valence-corrected chi connectivity index (χ3v) is 4.55. The molecule has 0 aliphatic heterocycles. The summed E-state index contributed by atoms with van der Waals surface area (Å²) < 4.78 is 1.27. The first-order valence-corrected chi connectivity index (χ1v) is 7.40. The molecule has 0 aliphatic carbocycles. The largest absolute Gasteiger partial charge is 0.504 e. The summed E-state index contributed by atoms with van der Waals surface area (Å²) in [7, 11) is 0. The van der Waals surface area contributed by atoms with Gasteiger partial charge in [-0.2, -0.15) is 0 Å². The van der Waals surface area contributed by atoms with Crippen molar-refractivity contribution in [2.24, 2.45) is 5.73 Å². The Bertz CT molecular complexity index is 952. The van der Waals surface area contributed by atoms with Gasteiger partial charge in [0.2, 0.25) is 5.91 Å². The van der Waals surface area contributed by atoms with Crippen LogP contribution in [0.3, 0.4) is 0 Å². The number of amides is 2. The zero-order valence-electron chi connectivity index (χ0n) is 11.3. The lowest BCUT2D eigenvalue weighted by Gasteiger charge is -2.04. The first kappa shape index (κ1) is 14.6. The standard InChI is InChI=1S/C14H10ClN3O3S/c1-5(19)17-6-2-3-8-7(4-6)9-12(22-8)11(20)10(14(16)21)18-13(9)15/h2-4,20H,1H3,(H2,16,21)(H,17,19). The van der Waals surface area contributed by atoms with Gasteiger partial charge in [-0.05, 0) is 18.2 Å². The second-order valence-corrected chi connectivity index (χ2v) is 6.07. The summed E-state index contributed by atoms with van der Waals surface area (Å²) in [5.74, 6) is -1.33. The van der Waals surface area contributed by atoms with Crippen molar-refractivity contribution in [3.63, 3.8) is 0 Å². The second-order valence-electron chi connectivity index (χ2n) is 4.66. The highest BCUT2D eigenvalue weighted by molar-refractivity contribution is 7.26. The molecule has 0 saturated carbocycles. The van der Waals surface area contributed by atoms with Gasteiger partial charge < -0.3 is 16.2 Å². The molecule has 112 valence electrons. The van der Waals surface area contributed by atoms with Crippen molar-refractivity contribution < 1.29 is 14.7 Å². The lowest BCUT2D eigenvalue weighted by atomic mass is 10.1. The summed E-state index contributed by atoms with van der Waals surface area (Å²) >= 11 is 7.41. The van der Waals surface area contributed by atoms with Crippen molar-refractivity contribution >= 4 is 60.6 Å². The molecule has 1 aromatic carbocycles. The molecule has 0 aliphatic rings. The number of halogens is 1. The summed E-state index contributed by atoms with van der Waals surface area (Å²) in [4.78, 5) is 26.3. The Morgan fingerprint density at radius 1 is 1.41 bits per heavy atom. The van der Waals surface area contributed by atoms with Gasteiger partial charge in [-0.25, -0.2) is 4.98 Å². The summed E-state index contributed by atoms with van der Waals surface area (Å²) in [6.07, 6.45) is 0. The number of primary amides is 1. The van der Waals surface area contributed by atoms with E-state index in [1.165, 1.54) is 18.3 Å². The van der Waals surface area contributed by atoms with Crippen molar-refractivity contribution in [2.45, 2.75) is 6.92 Å². The summed E-state index contributed by atoms with van der Waals surface area (Å²) in [5, 5.41) is 14.2. The van der Waals surface area contributed by atoms with E-state index in [-0.39, 0.29) is 22.5 Å². The van der Waals surface area contributed by atoms with Crippen molar-refractivity contribution in [2.75, 3.05) is 5.32 Å². The highest BCUT2D eigenvalue weighted by Crippen LogP contribution is 2.43. The van der Waals surface area contributed by atoms with Crippen LogP contribution in [-0.4, -0.2) is 21.9 Å². The summed E-state index contributed by atoms with van der Waals surface area (Å²) in [5.41, 5.74) is 5.53. The number of benzene rings is 1. The number of hydrogen-bond acceptors (Lipinski definition) is 5. The van der Waals surface area contributed by atoms with Crippen LogP contribution < -0.4 is 11.1 Å². The van der Waals surface area contributed by atoms with Crippen LogP contribution in [0.25, 0.3) is 20.2 Å². The Balaban J connectivity index is 2.36. The number of nitrogens with two attached hydrogens (primary N) is 1. The van der Waals surface area contributed by atoms with Crippen LogP contribution in [-0.2, 0) is 4.79 Å². The normalized spacial score (nSPS) is 11.0. The van der Waals surface area contributed by atoms with E-state index < -0.39 is 5.91 Å². The van der Waals surface area contributed by atoms with E-state index in [4.69, 9.17) is 17.3 Å². The smallest absolute Gasteiger partial charge is 0.271 e. The maximum absolute atomic E-state index is 11.3. The number of fused-ring (bicyclic) bond motifs is 3. The van der Waals surface area contributed by atoms with Crippen LogP contribution in [0.15, 0.2) is 18.2 Å². The van der Waals surface area contributed by atoms with E-state index in [0.717, 1.165) is 10.1 Å². The topological polar surface area (TPSA) is 105 Å². The van der Waals surface area contributed by atoms with Crippen LogP contribution in [0, 0.1) is 0 Å². The lowest BCUT2D eigenvalue weighted by molar-refractivity contribution is -0.114. The monoisotopic (exact) mass is 335 g/mol. The zero-order chi connectivity index (χ0) is 16.0. The van der Waals surface area contributed by atoms with Gasteiger partial charge >= 0.3 is 0 Å². The molecule has 0 atom stereocenters. The number of nitrogens with one attached hydrogen (secondary N) is 1. The number of nitrogens with zero attached hydrogens (tertiary/aromatic N) is 1. The first-order valence-electron chi connectivity index (χ1n) is 6.20. The molecule has 0 radical (unpaired) electrons. The number of anilines is 1. The fourth-order valence-electron chi connectivity index (χ4n) is 2.24. The maximum Gasteiger partial charge on any atom is 0.271 e. The zero-order valence-corrected chi connectivity index (χ0v) is 12.9. The Labute approximate surface area is 133 Å². The average Bonchev–Trinajstić information content (AvgIpc) is 2.81. The average molecular weight is 336 g/mol. The Kier molecular flexibility index (Phi) is 3.38. The van der Waals surface area contributed by atoms with Crippen LogP contribution >= 0.6 is 22.9 Å². The van der Waals surface area contributed by atoms with Gasteiger partial charge in [0.05, 0.1) is 4.70 Å². The van der Waals surface area contributed by atoms with E-state index in [2.05, 4.69) is 10.3 Å². The predicted octanol–water partition coefficient (Wildman–Crippen LogP) is 2.87. The van der Waals surface area contributed by atoms with Crippen molar-refractivity contribution in [1.82, 2.24) is 4.98 Å². The summed E-state index contributed by atoms with van der Waals surface area (Å²) in [6, 6.07) is 5.28. The minimum atomic E-state index is -0.849. The minimum Gasteiger partial charge on any atom is -0.504 e. The third kappa shape index (κ3) is 2.24. The minimum absolute atomic E-state index is 0.0767. The highest BCUT2D eigenvalue weighted by Gasteiger charge is 2.20. The molecule has 0 fully saturated rings. The van der Waals surface area contributed by atoms with Gasteiger partial charge in [0.15, 0.2) is 11.4 Å². The Hall–Kier alpha value is -2.38. The Morgan fingerprint density at radius 3 is 2.77 bits per heavy atom.